The normalized spacial score (nSPS) is 26.6. The number of rotatable bonds is 8. The Labute approximate surface area is 191 Å². The van der Waals surface area contributed by atoms with Gasteiger partial charge in [-0.1, -0.05) is 87.5 Å². The van der Waals surface area contributed by atoms with E-state index in [0.717, 1.165) is 10.4 Å². The molecule has 6 nitrogen and oxygen atoms in total. The van der Waals surface area contributed by atoms with Crippen molar-refractivity contribution in [2.45, 2.75) is 56.5 Å². The van der Waals surface area contributed by atoms with Gasteiger partial charge in [0.1, 0.15) is 24.4 Å². The van der Waals surface area contributed by atoms with Crippen LogP contribution < -0.4 is 10.4 Å². The molecule has 0 saturated carbocycles. The Hall–Kier alpha value is -1.84. The van der Waals surface area contributed by atoms with Crippen LogP contribution in [0, 0.1) is 0 Å². The Morgan fingerprint density at radius 3 is 1.91 bits per heavy atom. The number of hydrogen-bond donors (Lipinski definition) is 3. The molecule has 0 amide bonds. The fourth-order valence-electron chi connectivity index (χ4n) is 4.32. The number of hydrogen-bond acceptors (Lipinski definition) is 6. The molecule has 5 atom stereocenters. The first kappa shape index (κ1) is 24.8. The molecule has 1 saturated heterocycles. The molecule has 2 aromatic carbocycles. The van der Waals surface area contributed by atoms with Crippen LogP contribution in [0.1, 0.15) is 20.8 Å². The van der Waals surface area contributed by atoms with E-state index in [-0.39, 0.29) is 18.3 Å². The van der Waals surface area contributed by atoms with Gasteiger partial charge in [0.05, 0.1) is 13.2 Å². The van der Waals surface area contributed by atoms with Crippen LogP contribution in [0.25, 0.3) is 0 Å². The molecule has 0 spiro atoms. The lowest BCUT2D eigenvalue weighted by molar-refractivity contribution is -0.297. The topological polar surface area (TPSA) is 88.4 Å². The highest BCUT2D eigenvalue weighted by atomic mass is 28.4. The van der Waals surface area contributed by atoms with E-state index < -0.39 is 39.0 Å². The maximum Gasteiger partial charge on any atom is 0.261 e. The van der Waals surface area contributed by atoms with Crippen molar-refractivity contribution in [3.63, 3.8) is 0 Å². The van der Waals surface area contributed by atoms with Crippen molar-refractivity contribution in [1.82, 2.24) is 0 Å². The molecule has 3 N–H and O–H groups in total. The average molecular weight is 459 g/mol. The third-order valence-electron chi connectivity index (χ3n) is 5.93. The fourth-order valence-corrected chi connectivity index (χ4v) is 8.89. The van der Waals surface area contributed by atoms with Crippen molar-refractivity contribution < 1.29 is 29.2 Å². The van der Waals surface area contributed by atoms with Crippen LogP contribution in [0.5, 0.6) is 0 Å². The van der Waals surface area contributed by atoms with Gasteiger partial charge in [-0.05, 0) is 15.4 Å². The molecule has 1 aliphatic rings. The number of aliphatic hydroxyl groups excluding tert-OH is 3. The highest BCUT2D eigenvalue weighted by Crippen LogP contribution is 2.37. The lowest BCUT2D eigenvalue weighted by Gasteiger charge is -2.45. The Kier molecular flexibility index (Phi) is 8.05. The summed E-state index contributed by atoms with van der Waals surface area (Å²) in [6.45, 7) is 10.2. The van der Waals surface area contributed by atoms with Gasteiger partial charge in [-0.3, -0.25) is 0 Å². The van der Waals surface area contributed by atoms with E-state index in [1.807, 2.05) is 36.4 Å². The summed E-state index contributed by atoms with van der Waals surface area (Å²) in [5, 5.41) is 33.2. The van der Waals surface area contributed by atoms with Gasteiger partial charge in [-0.25, -0.2) is 0 Å². The van der Waals surface area contributed by atoms with Crippen LogP contribution in [-0.2, 0) is 13.9 Å². The minimum Gasteiger partial charge on any atom is -0.405 e. The van der Waals surface area contributed by atoms with E-state index >= 15 is 0 Å². The van der Waals surface area contributed by atoms with Gasteiger partial charge in [0.25, 0.3) is 8.32 Å². The Balaban J connectivity index is 1.96. The van der Waals surface area contributed by atoms with Crippen molar-refractivity contribution in [2.75, 3.05) is 13.2 Å². The summed E-state index contributed by atoms with van der Waals surface area (Å²) in [5.41, 5.74) is 0. The molecule has 174 valence electrons. The summed E-state index contributed by atoms with van der Waals surface area (Å²) in [7, 11) is -2.84. The molecule has 32 heavy (non-hydrogen) atoms. The van der Waals surface area contributed by atoms with Gasteiger partial charge in [-0.2, -0.15) is 0 Å². The average Bonchev–Trinajstić information content (AvgIpc) is 2.79. The van der Waals surface area contributed by atoms with E-state index in [1.165, 1.54) is 6.08 Å². The fraction of sp³-hybridized carbons (Fsp3) is 0.440. The molecule has 1 fully saturated rings. The number of ether oxygens (including phenoxy) is 2. The summed E-state index contributed by atoms with van der Waals surface area (Å²) in [4.78, 5) is 0. The highest BCUT2D eigenvalue weighted by Gasteiger charge is 2.52. The lowest BCUT2D eigenvalue weighted by atomic mass is 9.99. The van der Waals surface area contributed by atoms with Crippen LogP contribution in [0.15, 0.2) is 73.3 Å². The van der Waals surface area contributed by atoms with Gasteiger partial charge in [-0.15, -0.1) is 6.58 Å². The molecule has 0 aliphatic carbocycles. The summed E-state index contributed by atoms with van der Waals surface area (Å²) in [5.74, 6) is 0. The minimum atomic E-state index is -2.84. The monoisotopic (exact) mass is 458 g/mol. The van der Waals surface area contributed by atoms with E-state index in [9.17, 15) is 15.3 Å². The SMILES string of the molecule is C=CCO[C@@H]1O[C@@H](CO[Si](c2ccccc2)(c2ccccc2)C(C)(C)C)[C@@H](O)[C@@H](O)[C@@H]1O. The summed E-state index contributed by atoms with van der Waals surface area (Å²) >= 11 is 0. The molecule has 0 aromatic heterocycles. The molecular weight excluding hydrogens is 424 g/mol. The van der Waals surface area contributed by atoms with Crippen molar-refractivity contribution in [1.29, 1.82) is 0 Å². The second-order valence-electron chi connectivity index (χ2n) is 9.11. The van der Waals surface area contributed by atoms with Crippen LogP contribution in [0.4, 0.5) is 0 Å². The third kappa shape index (κ3) is 4.89. The minimum absolute atomic E-state index is 0.0339. The molecule has 0 radical (unpaired) electrons. The van der Waals surface area contributed by atoms with Gasteiger partial charge in [0.15, 0.2) is 6.29 Å². The maximum absolute atomic E-state index is 10.6. The second-order valence-corrected chi connectivity index (χ2v) is 13.4. The molecule has 1 heterocycles. The largest absolute Gasteiger partial charge is 0.405 e. The summed E-state index contributed by atoms with van der Waals surface area (Å²) in [6.07, 6.45) is -4.52. The number of benzene rings is 2. The predicted octanol–water partition coefficient (Wildman–Crippen LogP) is 1.57. The predicted molar refractivity (Wildman–Crippen MR) is 126 cm³/mol. The van der Waals surface area contributed by atoms with Gasteiger partial charge in [0.2, 0.25) is 0 Å². The molecule has 0 unspecified atom stereocenters. The molecule has 2 aromatic rings. The van der Waals surface area contributed by atoms with Crippen LogP contribution in [-0.4, -0.2) is 67.6 Å². The zero-order valence-corrected chi connectivity index (χ0v) is 19.9. The van der Waals surface area contributed by atoms with Gasteiger partial charge >= 0.3 is 0 Å². The zero-order valence-electron chi connectivity index (χ0n) is 18.9. The van der Waals surface area contributed by atoms with E-state index in [0.29, 0.717) is 0 Å². The zero-order chi connectivity index (χ0) is 23.4. The van der Waals surface area contributed by atoms with Crippen molar-refractivity contribution in [3.05, 3.63) is 73.3 Å². The number of aliphatic hydroxyl groups is 3. The lowest BCUT2D eigenvalue weighted by Crippen LogP contribution is -2.68. The van der Waals surface area contributed by atoms with Crippen molar-refractivity contribution in [3.8, 4) is 0 Å². The molecule has 1 aliphatic heterocycles. The van der Waals surface area contributed by atoms with Gasteiger partial charge in [0, 0.05) is 0 Å². The van der Waals surface area contributed by atoms with Crippen LogP contribution >= 0.6 is 0 Å². The maximum atomic E-state index is 10.6. The smallest absolute Gasteiger partial charge is 0.261 e. The first-order valence-corrected chi connectivity index (χ1v) is 12.8. The van der Waals surface area contributed by atoms with Gasteiger partial charge < -0.3 is 29.2 Å². The Morgan fingerprint density at radius 2 is 1.44 bits per heavy atom. The van der Waals surface area contributed by atoms with E-state index in [4.69, 9.17) is 13.9 Å². The van der Waals surface area contributed by atoms with Crippen molar-refractivity contribution >= 4 is 18.7 Å². The summed E-state index contributed by atoms with van der Waals surface area (Å²) < 4.78 is 18.1. The first-order valence-electron chi connectivity index (χ1n) is 10.9. The third-order valence-corrected chi connectivity index (χ3v) is 10.9. The van der Waals surface area contributed by atoms with Crippen LogP contribution in [0.3, 0.4) is 0 Å². The summed E-state index contributed by atoms with van der Waals surface area (Å²) in [6, 6.07) is 20.3. The second kappa shape index (κ2) is 10.4. The standard InChI is InChI=1S/C25H34O6Si/c1-5-16-29-24-23(28)22(27)21(26)20(31-24)17-30-32(25(2,3)4,18-12-8-6-9-13-18)19-14-10-7-11-15-19/h5-15,20-24,26-28H,1,16-17H2,2-4H3/t20-,21+,22+,23-,24+/m0/s1. The quantitative estimate of drug-likeness (QED) is 0.411. The Morgan fingerprint density at radius 1 is 0.906 bits per heavy atom. The first-order chi connectivity index (χ1) is 15.2. The van der Waals surface area contributed by atoms with E-state index in [1.54, 1.807) is 0 Å². The van der Waals surface area contributed by atoms with E-state index in [2.05, 4.69) is 51.6 Å². The van der Waals surface area contributed by atoms with Crippen LogP contribution in [0.2, 0.25) is 5.04 Å². The molecule has 3 rings (SSSR count). The highest BCUT2D eigenvalue weighted by molar-refractivity contribution is 6.99. The molecule has 7 heteroatoms. The Bertz CT molecular complexity index is 814. The van der Waals surface area contributed by atoms with Crippen molar-refractivity contribution in [2.24, 2.45) is 0 Å². The molecule has 0 bridgehead atoms. The molecular formula is C25H34O6Si.